The second-order valence-electron chi connectivity index (χ2n) is 8.31. The molecule has 0 aromatic heterocycles. The molecular weight excluding hydrogens is 505 g/mol. The van der Waals surface area contributed by atoms with E-state index in [4.69, 9.17) is 4.74 Å². The van der Waals surface area contributed by atoms with Crippen LogP contribution in [0.5, 0.6) is 0 Å². The lowest BCUT2D eigenvalue weighted by molar-refractivity contribution is -0.278. The van der Waals surface area contributed by atoms with Crippen LogP contribution in [-0.4, -0.2) is 66.9 Å². The topological polar surface area (TPSA) is 99.2 Å². The number of nitrogens with zero attached hydrogens (tertiary/aromatic N) is 2. The number of rotatable bonds is 8. The Labute approximate surface area is 208 Å². The van der Waals surface area contributed by atoms with E-state index in [1.807, 2.05) is 0 Å². The van der Waals surface area contributed by atoms with Crippen LogP contribution in [0.1, 0.15) is 18.5 Å². The zero-order valence-corrected chi connectivity index (χ0v) is 19.8. The Morgan fingerprint density at radius 1 is 1.08 bits per heavy atom. The van der Waals surface area contributed by atoms with Crippen LogP contribution >= 0.6 is 0 Å². The molecule has 2 aromatic carbocycles. The molecule has 1 aliphatic heterocycles. The average molecular weight is 529 g/mol. The zero-order chi connectivity index (χ0) is 27.5. The number of amides is 3. The number of halogens is 5. The molecule has 0 saturated heterocycles. The Morgan fingerprint density at radius 2 is 1.68 bits per heavy atom. The maximum absolute atomic E-state index is 13.7. The zero-order valence-electron chi connectivity index (χ0n) is 19.8. The number of ether oxygens (including phenoxy) is 1. The van der Waals surface area contributed by atoms with Crippen LogP contribution in [0.15, 0.2) is 48.5 Å². The van der Waals surface area contributed by atoms with Crippen molar-refractivity contribution in [1.82, 2.24) is 10.4 Å². The van der Waals surface area contributed by atoms with Gasteiger partial charge in [-0.3, -0.25) is 19.6 Å². The molecular formula is C24H24F5N3O5. The van der Waals surface area contributed by atoms with Crippen molar-refractivity contribution in [3.05, 3.63) is 54.1 Å². The molecule has 3 amide bonds. The molecule has 0 bridgehead atoms. The smallest absolute Gasteiger partial charge is 0.383 e. The van der Waals surface area contributed by atoms with Crippen molar-refractivity contribution in [2.75, 3.05) is 31.7 Å². The van der Waals surface area contributed by atoms with E-state index < -0.39 is 48.3 Å². The van der Waals surface area contributed by atoms with Crippen LogP contribution < -0.4 is 10.2 Å². The van der Waals surface area contributed by atoms with E-state index in [2.05, 4.69) is 0 Å². The van der Waals surface area contributed by atoms with Gasteiger partial charge in [-0.15, -0.1) is 0 Å². The number of hydrogen-bond donors (Lipinski definition) is 2. The Bertz CT molecular complexity index is 1170. The summed E-state index contributed by atoms with van der Waals surface area (Å²) in [5.41, 5.74) is 1.81. The molecule has 1 aliphatic rings. The van der Waals surface area contributed by atoms with Gasteiger partial charge in [-0.1, -0.05) is 42.5 Å². The standard InChI is InChI=1S/C24H24F5N3O5/c1-14(20(33)30-13-23(25,26)24(27,28)29)21(34)32(36)19-17-9-4-3-7-15(17)16-8-5-6-10-18(16)31(22(19)35)11-12-37-2/h3-10,14,19,36H,11-13H2,1-2H3,(H,30,33)/t14?,19-/m0/s1. The quantitative estimate of drug-likeness (QED) is 0.236. The van der Waals surface area contributed by atoms with Gasteiger partial charge in [-0.05, 0) is 24.1 Å². The summed E-state index contributed by atoms with van der Waals surface area (Å²) >= 11 is 0. The molecule has 3 rings (SSSR count). The number of hydrogen-bond acceptors (Lipinski definition) is 5. The SMILES string of the molecule is COCCN1C(=O)[C@@H](N(O)C(=O)C(C)C(=O)NCC(F)(F)C(F)(F)F)c2ccccc2-c2ccccc21. The molecule has 37 heavy (non-hydrogen) atoms. The van der Waals surface area contributed by atoms with Crippen molar-refractivity contribution in [2.24, 2.45) is 5.92 Å². The summed E-state index contributed by atoms with van der Waals surface area (Å²) in [6, 6.07) is 11.6. The highest BCUT2D eigenvalue weighted by atomic mass is 19.4. The van der Waals surface area contributed by atoms with Crippen molar-refractivity contribution >= 4 is 23.4 Å². The number of hydroxylamine groups is 2. The van der Waals surface area contributed by atoms with E-state index >= 15 is 0 Å². The van der Waals surface area contributed by atoms with Crippen molar-refractivity contribution in [3.63, 3.8) is 0 Å². The maximum Gasteiger partial charge on any atom is 0.455 e. The van der Waals surface area contributed by atoms with Crippen LogP contribution in [0.2, 0.25) is 0 Å². The first-order valence-corrected chi connectivity index (χ1v) is 11.0. The fraction of sp³-hybridized carbons (Fsp3) is 0.375. The molecule has 2 N–H and O–H groups in total. The third-order valence-corrected chi connectivity index (χ3v) is 5.89. The van der Waals surface area contributed by atoms with Crippen molar-refractivity contribution in [1.29, 1.82) is 0 Å². The third-order valence-electron chi connectivity index (χ3n) is 5.89. The number of carbonyl (C=O) groups is 3. The first-order valence-electron chi connectivity index (χ1n) is 11.0. The van der Waals surface area contributed by atoms with E-state index in [-0.39, 0.29) is 23.8 Å². The second kappa shape index (κ2) is 10.8. The van der Waals surface area contributed by atoms with E-state index in [0.717, 1.165) is 6.92 Å². The Morgan fingerprint density at radius 3 is 2.30 bits per heavy atom. The number of nitrogens with one attached hydrogen (secondary N) is 1. The molecule has 0 saturated carbocycles. The molecule has 0 fully saturated rings. The lowest BCUT2D eigenvalue weighted by Gasteiger charge is -2.31. The minimum Gasteiger partial charge on any atom is -0.383 e. The summed E-state index contributed by atoms with van der Waals surface area (Å²) in [7, 11) is 1.42. The third kappa shape index (κ3) is 5.57. The second-order valence-corrected chi connectivity index (χ2v) is 8.31. The molecule has 2 aromatic rings. The van der Waals surface area contributed by atoms with Crippen molar-refractivity contribution in [2.45, 2.75) is 25.1 Å². The summed E-state index contributed by atoms with van der Waals surface area (Å²) in [4.78, 5) is 40.2. The van der Waals surface area contributed by atoms with Gasteiger partial charge in [0.05, 0.1) is 18.8 Å². The van der Waals surface area contributed by atoms with E-state index in [1.54, 1.807) is 42.5 Å². The fourth-order valence-corrected chi connectivity index (χ4v) is 3.86. The molecule has 0 aliphatic carbocycles. The van der Waals surface area contributed by atoms with Crippen LogP contribution in [-0.2, 0) is 19.1 Å². The van der Waals surface area contributed by atoms with Crippen molar-refractivity contribution in [3.8, 4) is 11.1 Å². The Hall–Kier alpha value is -3.58. The number of anilines is 1. The minimum atomic E-state index is -5.91. The minimum absolute atomic E-state index is 0.0129. The average Bonchev–Trinajstić information content (AvgIpc) is 2.96. The summed E-state index contributed by atoms with van der Waals surface area (Å²) in [5, 5.41) is 12.3. The lowest BCUT2D eigenvalue weighted by atomic mass is 9.94. The van der Waals surface area contributed by atoms with Crippen molar-refractivity contribution < 1.29 is 46.3 Å². The Kier molecular flexibility index (Phi) is 8.18. The summed E-state index contributed by atoms with van der Waals surface area (Å²) in [6.45, 7) is -1.03. The van der Waals surface area contributed by atoms with Crippen LogP contribution in [0.25, 0.3) is 11.1 Å². The fourth-order valence-electron chi connectivity index (χ4n) is 3.86. The van der Waals surface area contributed by atoms with Crippen LogP contribution in [0, 0.1) is 5.92 Å². The highest BCUT2D eigenvalue weighted by molar-refractivity contribution is 6.07. The number of methoxy groups -OCH3 is 1. The summed E-state index contributed by atoms with van der Waals surface area (Å²) in [6.07, 6.45) is -5.91. The van der Waals surface area contributed by atoms with Gasteiger partial charge < -0.3 is 15.0 Å². The van der Waals surface area contributed by atoms with Gasteiger partial charge in [0.1, 0.15) is 5.92 Å². The van der Waals surface area contributed by atoms with E-state index in [9.17, 15) is 41.5 Å². The molecule has 2 atom stereocenters. The van der Waals surface area contributed by atoms with Crippen LogP contribution in [0.3, 0.4) is 0 Å². The number of para-hydroxylation sites is 1. The van der Waals surface area contributed by atoms with Gasteiger partial charge in [0.15, 0.2) is 6.04 Å². The van der Waals surface area contributed by atoms with Gasteiger partial charge >= 0.3 is 12.1 Å². The van der Waals surface area contributed by atoms with Gasteiger partial charge in [0, 0.05) is 19.2 Å². The van der Waals surface area contributed by atoms with E-state index in [0.29, 0.717) is 16.8 Å². The van der Waals surface area contributed by atoms with Crippen LogP contribution in [0.4, 0.5) is 27.6 Å². The molecule has 200 valence electrons. The van der Waals surface area contributed by atoms with Gasteiger partial charge in [-0.2, -0.15) is 22.0 Å². The monoisotopic (exact) mass is 529 g/mol. The predicted octanol–water partition coefficient (Wildman–Crippen LogP) is 3.56. The molecule has 8 nitrogen and oxygen atoms in total. The number of benzene rings is 2. The molecule has 1 unspecified atom stereocenters. The lowest BCUT2D eigenvalue weighted by Crippen LogP contribution is -2.51. The first kappa shape index (κ1) is 28.0. The molecule has 13 heteroatoms. The molecule has 0 spiro atoms. The highest BCUT2D eigenvalue weighted by Crippen LogP contribution is 2.42. The van der Waals surface area contributed by atoms with Gasteiger partial charge in [-0.25, -0.2) is 5.06 Å². The summed E-state index contributed by atoms with van der Waals surface area (Å²) < 4.78 is 68.7. The highest BCUT2D eigenvalue weighted by Gasteiger charge is 2.57. The number of alkyl halides is 5. The summed E-state index contributed by atoms with van der Waals surface area (Å²) in [5.74, 6) is -10.7. The predicted molar refractivity (Wildman–Crippen MR) is 121 cm³/mol. The molecule has 0 radical (unpaired) electrons. The largest absolute Gasteiger partial charge is 0.455 e. The maximum atomic E-state index is 13.7. The number of fused-ring (bicyclic) bond motifs is 3. The van der Waals surface area contributed by atoms with E-state index in [1.165, 1.54) is 23.4 Å². The normalized spacial score (nSPS) is 16.4. The first-order chi connectivity index (χ1) is 17.3. The number of carbonyl (C=O) groups excluding carboxylic acids is 3. The van der Waals surface area contributed by atoms with Gasteiger partial charge in [0.25, 0.3) is 11.8 Å². The van der Waals surface area contributed by atoms with Gasteiger partial charge in [0.2, 0.25) is 5.91 Å². The Balaban J connectivity index is 1.94. The molecule has 1 heterocycles.